The molecule has 0 radical (unpaired) electrons. The van der Waals surface area contributed by atoms with Crippen molar-refractivity contribution in [3.8, 4) is 0 Å². The molecule has 0 aromatic heterocycles. The van der Waals surface area contributed by atoms with Gasteiger partial charge in [0.1, 0.15) is 0 Å². The Bertz CT molecular complexity index is 777. The van der Waals surface area contributed by atoms with E-state index in [0.717, 1.165) is 13.0 Å². The summed E-state index contributed by atoms with van der Waals surface area (Å²) < 4.78 is 98.7. The third-order valence-electron chi connectivity index (χ3n) is 9.20. The van der Waals surface area contributed by atoms with Gasteiger partial charge in [-0.1, -0.05) is 64.7 Å². The van der Waals surface area contributed by atoms with Crippen LogP contribution >= 0.6 is 0 Å². The molecule has 0 aliphatic heterocycles. The molecule has 0 aliphatic rings. The minimum Gasteiger partial charge on any atom is -0.394 e. The van der Waals surface area contributed by atoms with Crippen molar-refractivity contribution in [2.24, 2.45) is 0 Å². The van der Waals surface area contributed by atoms with Crippen LogP contribution in [0.15, 0.2) is 0 Å². The number of aliphatic hydroxyl groups is 1. The predicted octanol–water partition coefficient (Wildman–Crippen LogP) is 4.20. The number of ether oxygens (including phenoxy) is 18. The van der Waals surface area contributed by atoms with Crippen LogP contribution in [0.3, 0.4) is 0 Å². The Labute approximate surface area is 405 Å². The molecular formula is C48H98O19. The van der Waals surface area contributed by atoms with Crippen LogP contribution in [0, 0.1) is 0 Å². The average molecular weight is 979 g/mol. The van der Waals surface area contributed by atoms with Crippen LogP contribution in [-0.2, 0) is 85.3 Å². The maximum atomic E-state index is 8.60. The standard InChI is InChI=1S/C48H98O19/c1-2-3-4-5-6-7-8-9-10-11-13-50-15-17-52-19-21-54-23-25-56-27-29-58-31-33-60-35-37-62-39-41-64-43-45-66-47-48-67-46-44-65-42-40-63-38-36-61-34-32-59-30-28-57-26-24-55-22-20-53-18-16-51-14-12-49/h49H,2-48H2,1H3. The summed E-state index contributed by atoms with van der Waals surface area (Å²) in [7, 11) is 0. The van der Waals surface area contributed by atoms with E-state index in [1.165, 1.54) is 57.8 Å². The molecule has 0 atom stereocenters. The Morgan fingerprint density at radius 2 is 0.299 bits per heavy atom. The van der Waals surface area contributed by atoms with Gasteiger partial charge in [-0.2, -0.15) is 0 Å². The second kappa shape index (κ2) is 65.2. The van der Waals surface area contributed by atoms with Gasteiger partial charge in [0.05, 0.1) is 238 Å². The molecule has 0 amide bonds. The summed E-state index contributed by atoms with van der Waals surface area (Å²) in [6.07, 6.45) is 13.4. The molecule has 0 saturated heterocycles. The summed E-state index contributed by atoms with van der Waals surface area (Å²) >= 11 is 0. The van der Waals surface area contributed by atoms with Gasteiger partial charge >= 0.3 is 0 Å². The van der Waals surface area contributed by atoms with Gasteiger partial charge in [-0.05, 0) is 6.42 Å². The van der Waals surface area contributed by atoms with Gasteiger partial charge < -0.3 is 90.4 Å². The van der Waals surface area contributed by atoms with Crippen LogP contribution < -0.4 is 0 Å². The summed E-state index contributed by atoms with van der Waals surface area (Å²) in [5.74, 6) is 0. The number of rotatable bonds is 64. The quantitative estimate of drug-likeness (QED) is 0.0855. The van der Waals surface area contributed by atoms with Crippen LogP contribution in [0.4, 0.5) is 0 Å². The van der Waals surface area contributed by atoms with Crippen molar-refractivity contribution in [1.82, 2.24) is 0 Å². The van der Waals surface area contributed by atoms with Crippen LogP contribution in [0.1, 0.15) is 71.1 Å². The zero-order chi connectivity index (χ0) is 48.0. The van der Waals surface area contributed by atoms with Gasteiger partial charge in [0, 0.05) is 6.61 Å². The molecule has 404 valence electrons. The smallest absolute Gasteiger partial charge is 0.0701 e. The SMILES string of the molecule is CCCCCCCCCCCCOCCOCCOCCOCCOCCOCCOCCOCCOCCOCCOCCOCCOCCOCCOCCOCCOCCOCCO. The maximum Gasteiger partial charge on any atom is 0.0701 e. The molecule has 67 heavy (non-hydrogen) atoms. The van der Waals surface area contributed by atoms with E-state index in [4.69, 9.17) is 90.4 Å². The third-order valence-corrected chi connectivity index (χ3v) is 9.20. The lowest BCUT2D eigenvalue weighted by Crippen LogP contribution is -2.16. The first-order valence-electron chi connectivity index (χ1n) is 25.4. The van der Waals surface area contributed by atoms with E-state index >= 15 is 0 Å². The average Bonchev–Trinajstić information content (AvgIpc) is 3.34. The molecular weight excluding hydrogens is 881 g/mol. The Balaban J connectivity index is 3.07. The molecule has 1 N–H and O–H groups in total. The molecule has 0 aromatic rings. The molecule has 0 aromatic carbocycles. The van der Waals surface area contributed by atoms with E-state index < -0.39 is 0 Å². The number of unbranched alkanes of at least 4 members (excludes halogenated alkanes) is 9. The van der Waals surface area contributed by atoms with Crippen molar-refractivity contribution in [3.63, 3.8) is 0 Å². The first-order valence-corrected chi connectivity index (χ1v) is 25.4. The van der Waals surface area contributed by atoms with Gasteiger partial charge in [0.25, 0.3) is 0 Å². The van der Waals surface area contributed by atoms with Crippen molar-refractivity contribution in [2.75, 3.05) is 244 Å². The Morgan fingerprint density at radius 3 is 0.463 bits per heavy atom. The van der Waals surface area contributed by atoms with E-state index in [1.807, 2.05) is 0 Å². The summed E-state index contributed by atoms with van der Waals surface area (Å²) in [6, 6.07) is 0. The van der Waals surface area contributed by atoms with Crippen LogP contribution in [-0.4, -0.2) is 250 Å². The van der Waals surface area contributed by atoms with Gasteiger partial charge in [-0.25, -0.2) is 0 Å². The van der Waals surface area contributed by atoms with E-state index in [1.54, 1.807) is 0 Å². The van der Waals surface area contributed by atoms with Gasteiger partial charge in [-0.3, -0.25) is 0 Å². The second-order valence-corrected chi connectivity index (χ2v) is 14.9. The molecule has 0 unspecified atom stereocenters. The molecule has 0 bridgehead atoms. The van der Waals surface area contributed by atoms with E-state index in [0.29, 0.717) is 231 Å². The van der Waals surface area contributed by atoms with E-state index in [2.05, 4.69) is 6.92 Å². The number of aliphatic hydroxyl groups excluding tert-OH is 1. The highest BCUT2D eigenvalue weighted by Crippen LogP contribution is 2.10. The fourth-order valence-electron chi connectivity index (χ4n) is 5.60. The third kappa shape index (κ3) is 65.2. The lowest BCUT2D eigenvalue weighted by Gasteiger charge is -2.09. The number of hydrogen-bond acceptors (Lipinski definition) is 19. The van der Waals surface area contributed by atoms with Gasteiger partial charge in [-0.15, -0.1) is 0 Å². The normalized spacial score (nSPS) is 11.7. The molecule has 0 fully saturated rings. The molecule has 0 rings (SSSR count). The first-order chi connectivity index (χ1) is 33.4. The molecule has 0 aliphatic carbocycles. The fourth-order valence-corrected chi connectivity index (χ4v) is 5.60. The van der Waals surface area contributed by atoms with Crippen LogP contribution in [0.5, 0.6) is 0 Å². The zero-order valence-corrected chi connectivity index (χ0v) is 42.0. The minimum atomic E-state index is 0.0214. The Hall–Kier alpha value is -0.760. The molecule has 0 spiro atoms. The summed E-state index contributed by atoms with van der Waals surface area (Å²) in [4.78, 5) is 0. The van der Waals surface area contributed by atoms with Crippen LogP contribution in [0.2, 0.25) is 0 Å². The lowest BCUT2D eigenvalue weighted by molar-refractivity contribution is -0.0310. The van der Waals surface area contributed by atoms with Gasteiger partial charge in [0.2, 0.25) is 0 Å². The Kier molecular flexibility index (Phi) is 64.5. The summed E-state index contributed by atoms with van der Waals surface area (Å²) in [5, 5.41) is 8.60. The second-order valence-electron chi connectivity index (χ2n) is 14.9. The van der Waals surface area contributed by atoms with E-state index in [-0.39, 0.29) is 6.61 Å². The molecule has 0 saturated carbocycles. The van der Waals surface area contributed by atoms with Crippen molar-refractivity contribution in [3.05, 3.63) is 0 Å². The van der Waals surface area contributed by atoms with Crippen molar-refractivity contribution in [2.45, 2.75) is 71.1 Å². The highest BCUT2D eigenvalue weighted by molar-refractivity contribution is 4.48. The van der Waals surface area contributed by atoms with Gasteiger partial charge in [0.15, 0.2) is 0 Å². The fraction of sp³-hybridized carbons (Fsp3) is 1.00. The van der Waals surface area contributed by atoms with E-state index in [9.17, 15) is 0 Å². The van der Waals surface area contributed by atoms with Crippen molar-refractivity contribution >= 4 is 0 Å². The molecule has 0 heterocycles. The molecule has 19 heteroatoms. The topological polar surface area (TPSA) is 186 Å². The van der Waals surface area contributed by atoms with Crippen LogP contribution in [0.25, 0.3) is 0 Å². The highest BCUT2D eigenvalue weighted by Gasteiger charge is 1.99. The number of hydrogen-bond donors (Lipinski definition) is 1. The predicted molar refractivity (Wildman–Crippen MR) is 254 cm³/mol. The first kappa shape index (κ1) is 66.2. The van der Waals surface area contributed by atoms with Crippen molar-refractivity contribution in [1.29, 1.82) is 0 Å². The highest BCUT2D eigenvalue weighted by atomic mass is 16.6. The largest absolute Gasteiger partial charge is 0.394 e. The molecule has 19 nitrogen and oxygen atoms in total. The summed E-state index contributed by atoms with van der Waals surface area (Å²) in [6.45, 7) is 20.8. The van der Waals surface area contributed by atoms with Crippen molar-refractivity contribution < 1.29 is 90.4 Å². The monoisotopic (exact) mass is 979 g/mol. The lowest BCUT2D eigenvalue weighted by atomic mass is 10.1. The summed E-state index contributed by atoms with van der Waals surface area (Å²) in [5.41, 5.74) is 0. The zero-order valence-electron chi connectivity index (χ0n) is 42.0. The maximum absolute atomic E-state index is 8.60. The Morgan fingerprint density at radius 1 is 0.164 bits per heavy atom. The minimum absolute atomic E-state index is 0.0214.